The fraction of sp³-hybridized carbons (Fsp3) is 0.250. The van der Waals surface area contributed by atoms with Gasteiger partial charge in [0.15, 0.2) is 0 Å². The highest BCUT2D eigenvalue weighted by Crippen LogP contribution is 2.51. The van der Waals surface area contributed by atoms with Crippen molar-refractivity contribution in [2.45, 2.75) is 25.3 Å². The molecule has 0 spiro atoms. The van der Waals surface area contributed by atoms with E-state index in [-0.39, 0.29) is 23.7 Å². The second-order valence-corrected chi connectivity index (χ2v) is 6.52. The van der Waals surface area contributed by atoms with Crippen molar-refractivity contribution in [2.75, 3.05) is 5.32 Å². The molecule has 4 heteroatoms. The van der Waals surface area contributed by atoms with E-state index in [1.807, 2.05) is 25.1 Å². The highest BCUT2D eigenvalue weighted by molar-refractivity contribution is 5.93. The van der Waals surface area contributed by atoms with Crippen molar-refractivity contribution in [3.63, 3.8) is 0 Å². The molecule has 0 saturated heterocycles. The third kappa shape index (κ3) is 2.13. The van der Waals surface area contributed by atoms with Crippen molar-refractivity contribution >= 4 is 11.7 Å². The molecular weight excluding hydrogens is 305 g/mol. The maximum absolute atomic E-state index is 14.4. The van der Waals surface area contributed by atoms with E-state index >= 15 is 0 Å². The number of halogens is 1. The molecule has 0 radical (unpaired) electrons. The van der Waals surface area contributed by atoms with E-state index in [0.717, 1.165) is 23.2 Å². The first kappa shape index (κ1) is 14.9. The third-order valence-electron chi connectivity index (χ3n) is 5.20. The molecule has 2 aromatic carbocycles. The normalized spacial score (nSPS) is 24.2. The van der Waals surface area contributed by atoms with Crippen LogP contribution < -0.4 is 5.32 Å². The van der Waals surface area contributed by atoms with Crippen molar-refractivity contribution < 1.29 is 14.3 Å². The Kier molecular flexibility index (Phi) is 3.41. The van der Waals surface area contributed by atoms with E-state index in [1.54, 1.807) is 12.1 Å². The van der Waals surface area contributed by atoms with Gasteiger partial charge in [-0.2, -0.15) is 0 Å². The molecule has 3 unspecified atom stereocenters. The lowest BCUT2D eigenvalue weighted by molar-refractivity contribution is 0.0695. The minimum absolute atomic E-state index is 0.00291. The van der Waals surface area contributed by atoms with E-state index in [2.05, 4.69) is 17.5 Å². The van der Waals surface area contributed by atoms with Crippen molar-refractivity contribution in [1.29, 1.82) is 0 Å². The van der Waals surface area contributed by atoms with Gasteiger partial charge >= 0.3 is 5.97 Å². The molecule has 1 aliphatic heterocycles. The van der Waals surface area contributed by atoms with Crippen molar-refractivity contribution in [1.82, 2.24) is 0 Å². The molecule has 0 fully saturated rings. The average molecular weight is 323 g/mol. The lowest BCUT2D eigenvalue weighted by atomic mass is 9.74. The van der Waals surface area contributed by atoms with Gasteiger partial charge in [0.25, 0.3) is 0 Å². The smallest absolute Gasteiger partial charge is 0.336 e. The Labute approximate surface area is 139 Å². The van der Waals surface area contributed by atoms with Crippen LogP contribution in [0, 0.1) is 18.7 Å². The zero-order valence-electron chi connectivity index (χ0n) is 13.3. The molecule has 2 aliphatic rings. The summed E-state index contributed by atoms with van der Waals surface area (Å²) in [5.74, 6) is -1.03. The Morgan fingerprint density at radius 2 is 2.04 bits per heavy atom. The summed E-state index contributed by atoms with van der Waals surface area (Å²) in [6, 6.07) is 10.1. The van der Waals surface area contributed by atoms with Gasteiger partial charge in [-0.25, -0.2) is 9.18 Å². The number of hydrogen-bond donors (Lipinski definition) is 2. The number of fused-ring (bicyclic) bond motifs is 3. The third-order valence-corrected chi connectivity index (χ3v) is 5.20. The maximum Gasteiger partial charge on any atom is 0.336 e. The van der Waals surface area contributed by atoms with E-state index in [9.17, 15) is 14.3 Å². The Morgan fingerprint density at radius 1 is 1.25 bits per heavy atom. The van der Waals surface area contributed by atoms with E-state index in [4.69, 9.17) is 0 Å². The SMILES string of the molecule is Cc1ccc(C(=O)O)c2c1NC(c1ccccc1F)C1CC=CC21. The second-order valence-electron chi connectivity index (χ2n) is 6.52. The average Bonchev–Trinajstić information content (AvgIpc) is 3.05. The van der Waals surface area contributed by atoms with Gasteiger partial charge in [-0.15, -0.1) is 0 Å². The molecule has 1 heterocycles. The number of hydrogen-bond acceptors (Lipinski definition) is 2. The number of anilines is 1. The molecule has 0 aromatic heterocycles. The molecule has 2 aromatic rings. The van der Waals surface area contributed by atoms with Gasteiger partial charge < -0.3 is 10.4 Å². The molecule has 4 rings (SSSR count). The molecule has 3 atom stereocenters. The van der Waals surface area contributed by atoms with Crippen LogP contribution in [0.3, 0.4) is 0 Å². The van der Waals surface area contributed by atoms with Crippen LogP contribution in [0.5, 0.6) is 0 Å². The summed E-state index contributed by atoms with van der Waals surface area (Å²) in [5.41, 5.74) is 3.61. The number of benzene rings is 2. The van der Waals surface area contributed by atoms with Gasteiger partial charge in [0.1, 0.15) is 5.82 Å². The number of nitrogens with one attached hydrogen (secondary N) is 1. The fourth-order valence-corrected chi connectivity index (χ4v) is 4.08. The Bertz CT molecular complexity index is 859. The predicted molar refractivity (Wildman–Crippen MR) is 90.9 cm³/mol. The molecule has 122 valence electrons. The topological polar surface area (TPSA) is 49.3 Å². The second kappa shape index (κ2) is 5.48. The lowest BCUT2D eigenvalue weighted by Gasteiger charge is -2.39. The fourth-order valence-electron chi connectivity index (χ4n) is 4.08. The summed E-state index contributed by atoms with van der Waals surface area (Å²) in [6.45, 7) is 1.95. The first-order chi connectivity index (χ1) is 11.6. The highest BCUT2D eigenvalue weighted by atomic mass is 19.1. The Morgan fingerprint density at radius 3 is 2.79 bits per heavy atom. The summed E-state index contributed by atoms with van der Waals surface area (Å²) in [7, 11) is 0. The van der Waals surface area contributed by atoms with Crippen LogP contribution in [0.25, 0.3) is 0 Å². The van der Waals surface area contributed by atoms with Crippen LogP contribution in [0.1, 0.15) is 45.4 Å². The summed E-state index contributed by atoms with van der Waals surface area (Å²) in [5, 5.41) is 13.0. The Balaban J connectivity index is 1.90. The first-order valence-electron chi connectivity index (χ1n) is 8.12. The molecule has 2 N–H and O–H groups in total. The van der Waals surface area contributed by atoms with Crippen molar-refractivity contribution in [2.24, 2.45) is 5.92 Å². The number of rotatable bonds is 2. The lowest BCUT2D eigenvalue weighted by Crippen LogP contribution is -2.31. The number of aryl methyl sites for hydroxylation is 1. The van der Waals surface area contributed by atoms with Gasteiger partial charge in [0, 0.05) is 17.2 Å². The molecule has 0 bridgehead atoms. The van der Waals surface area contributed by atoms with Crippen LogP contribution in [-0.2, 0) is 0 Å². The standard InChI is InChI=1S/C20H18FNO2/c1-11-9-10-15(20(23)24)17-12-6-4-7-13(12)19(22-18(11)17)14-5-2-3-8-16(14)21/h2-6,8-10,12-13,19,22H,7H2,1H3,(H,23,24). The minimum Gasteiger partial charge on any atom is -0.478 e. The van der Waals surface area contributed by atoms with Gasteiger partial charge in [0.2, 0.25) is 0 Å². The highest BCUT2D eigenvalue weighted by Gasteiger charge is 2.41. The van der Waals surface area contributed by atoms with Gasteiger partial charge in [-0.05, 0) is 42.5 Å². The minimum atomic E-state index is -0.920. The monoisotopic (exact) mass is 323 g/mol. The number of aromatic carboxylic acids is 1. The van der Waals surface area contributed by atoms with Crippen LogP contribution in [0.15, 0.2) is 48.6 Å². The molecule has 3 nitrogen and oxygen atoms in total. The van der Waals surface area contributed by atoms with Crippen LogP contribution in [0.2, 0.25) is 0 Å². The van der Waals surface area contributed by atoms with Gasteiger partial charge in [-0.1, -0.05) is 36.4 Å². The zero-order chi connectivity index (χ0) is 16.8. The number of carboxylic acids is 1. The quantitative estimate of drug-likeness (QED) is 0.790. The van der Waals surface area contributed by atoms with Crippen molar-refractivity contribution in [3.05, 3.63) is 76.6 Å². The van der Waals surface area contributed by atoms with Crippen LogP contribution in [-0.4, -0.2) is 11.1 Å². The van der Waals surface area contributed by atoms with Crippen LogP contribution >= 0.6 is 0 Å². The summed E-state index contributed by atoms with van der Waals surface area (Å²) in [4.78, 5) is 11.7. The van der Waals surface area contributed by atoms with Crippen LogP contribution in [0.4, 0.5) is 10.1 Å². The summed E-state index contributed by atoms with van der Waals surface area (Å²) < 4.78 is 14.4. The number of carboxylic acid groups (broad SMARTS) is 1. The van der Waals surface area contributed by atoms with Crippen molar-refractivity contribution in [3.8, 4) is 0 Å². The van der Waals surface area contributed by atoms with E-state index < -0.39 is 5.97 Å². The molecule has 1 aliphatic carbocycles. The first-order valence-corrected chi connectivity index (χ1v) is 8.12. The number of carbonyl (C=O) groups is 1. The van der Waals surface area contributed by atoms with E-state index in [0.29, 0.717) is 11.1 Å². The van der Waals surface area contributed by atoms with Gasteiger partial charge in [0.05, 0.1) is 11.6 Å². The summed E-state index contributed by atoms with van der Waals surface area (Å²) in [6.07, 6.45) is 4.96. The summed E-state index contributed by atoms with van der Waals surface area (Å²) >= 11 is 0. The molecule has 24 heavy (non-hydrogen) atoms. The Hall–Kier alpha value is -2.62. The largest absolute Gasteiger partial charge is 0.478 e. The zero-order valence-corrected chi connectivity index (χ0v) is 13.3. The molecular formula is C20H18FNO2. The molecule has 0 amide bonds. The van der Waals surface area contributed by atoms with E-state index in [1.165, 1.54) is 6.07 Å². The predicted octanol–water partition coefficient (Wildman–Crippen LogP) is 4.66. The maximum atomic E-state index is 14.4. The van der Waals surface area contributed by atoms with Gasteiger partial charge in [-0.3, -0.25) is 0 Å². The number of allylic oxidation sites excluding steroid dienone is 2. The molecule has 0 saturated carbocycles.